The molecule has 0 unspecified atom stereocenters. The molecule has 1 aromatic heterocycles. The fourth-order valence-electron chi connectivity index (χ4n) is 1.61. The van der Waals surface area contributed by atoms with Crippen LogP contribution in [0.3, 0.4) is 0 Å². The average Bonchev–Trinajstić information content (AvgIpc) is 2.71. The molecule has 1 aliphatic rings. The molecule has 2 heterocycles. The van der Waals surface area contributed by atoms with E-state index in [0.29, 0.717) is 0 Å². The molecule has 0 spiro atoms. The Morgan fingerprint density at radius 2 is 2.17 bits per heavy atom. The highest BCUT2D eigenvalue weighted by atomic mass is 32.1. The van der Waals surface area contributed by atoms with E-state index in [2.05, 4.69) is 34.2 Å². The van der Waals surface area contributed by atoms with Crippen molar-refractivity contribution in [3.8, 4) is 0 Å². The van der Waals surface area contributed by atoms with Gasteiger partial charge in [-0.15, -0.1) is 11.3 Å². The zero-order valence-corrected chi connectivity index (χ0v) is 7.24. The van der Waals surface area contributed by atoms with Gasteiger partial charge in [0.25, 0.3) is 0 Å². The van der Waals surface area contributed by atoms with Gasteiger partial charge < -0.3 is 10.6 Å². The van der Waals surface area contributed by atoms with Crippen molar-refractivity contribution < 1.29 is 0 Å². The number of anilines is 2. The number of fused-ring (bicyclic) bond motifs is 3. The van der Waals surface area contributed by atoms with Crippen LogP contribution in [-0.4, -0.2) is 6.67 Å². The van der Waals surface area contributed by atoms with E-state index in [1.165, 1.54) is 21.5 Å². The molecular weight excluding hydrogens is 168 g/mol. The van der Waals surface area contributed by atoms with Gasteiger partial charge in [0, 0.05) is 10.1 Å². The number of rotatable bonds is 0. The largest absolute Gasteiger partial charge is 0.366 e. The third kappa shape index (κ3) is 0.689. The molecular formula is C9H8N2S. The maximum absolute atomic E-state index is 3.32. The Morgan fingerprint density at radius 1 is 1.17 bits per heavy atom. The minimum Gasteiger partial charge on any atom is -0.366 e. The summed E-state index contributed by atoms with van der Waals surface area (Å²) in [7, 11) is 0. The van der Waals surface area contributed by atoms with E-state index in [-0.39, 0.29) is 0 Å². The van der Waals surface area contributed by atoms with E-state index < -0.39 is 0 Å². The summed E-state index contributed by atoms with van der Waals surface area (Å²) in [5.74, 6) is 0. The van der Waals surface area contributed by atoms with Crippen molar-refractivity contribution in [1.82, 2.24) is 0 Å². The van der Waals surface area contributed by atoms with Crippen molar-refractivity contribution in [3.05, 3.63) is 23.6 Å². The predicted molar refractivity (Wildman–Crippen MR) is 53.9 cm³/mol. The summed E-state index contributed by atoms with van der Waals surface area (Å²) in [4.78, 5) is 0. The molecule has 0 fully saturated rings. The molecule has 2 nitrogen and oxygen atoms in total. The Kier molecular flexibility index (Phi) is 1.12. The molecule has 2 aromatic rings. The summed E-state index contributed by atoms with van der Waals surface area (Å²) < 4.78 is 1.35. The smallest absolute Gasteiger partial charge is 0.0851 e. The summed E-state index contributed by atoms with van der Waals surface area (Å²) in [6.45, 7) is 0.851. The molecule has 3 heteroatoms. The Bertz CT molecular complexity index is 433. The summed E-state index contributed by atoms with van der Waals surface area (Å²) >= 11 is 1.79. The molecule has 1 aliphatic heterocycles. The second kappa shape index (κ2) is 2.14. The summed E-state index contributed by atoms with van der Waals surface area (Å²) in [6, 6.07) is 6.46. The number of hydrogen-bond acceptors (Lipinski definition) is 3. The maximum Gasteiger partial charge on any atom is 0.0851 e. The van der Waals surface area contributed by atoms with E-state index in [1.807, 2.05) is 0 Å². The standard InChI is InChI=1S/C9H8N2S/c1-2-8-6(3-4-12-8)9-7(1)10-5-11-9/h1-4,10-11H,5H2. The van der Waals surface area contributed by atoms with Crippen LogP contribution < -0.4 is 10.6 Å². The van der Waals surface area contributed by atoms with Gasteiger partial charge in [-0.05, 0) is 23.6 Å². The van der Waals surface area contributed by atoms with Gasteiger partial charge in [-0.3, -0.25) is 0 Å². The van der Waals surface area contributed by atoms with Gasteiger partial charge >= 0.3 is 0 Å². The Balaban J connectivity index is 2.46. The predicted octanol–water partition coefficient (Wildman–Crippen LogP) is 2.70. The van der Waals surface area contributed by atoms with E-state index in [0.717, 1.165) is 6.67 Å². The topological polar surface area (TPSA) is 24.1 Å². The number of nitrogens with one attached hydrogen (secondary N) is 2. The lowest BCUT2D eigenvalue weighted by atomic mass is 10.2. The van der Waals surface area contributed by atoms with Crippen LogP contribution >= 0.6 is 11.3 Å². The van der Waals surface area contributed by atoms with Crippen LogP contribution in [0.2, 0.25) is 0 Å². The van der Waals surface area contributed by atoms with Crippen LogP contribution in [0, 0.1) is 0 Å². The van der Waals surface area contributed by atoms with Crippen molar-refractivity contribution in [3.63, 3.8) is 0 Å². The van der Waals surface area contributed by atoms with Crippen LogP contribution in [-0.2, 0) is 0 Å². The number of hydrogen-bond donors (Lipinski definition) is 2. The molecule has 12 heavy (non-hydrogen) atoms. The summed E-state index contributed by atoms with van der Waals surface area (Å²) in [5.41, 5.74) is 2.48. The Hall–Kier alpha value is -1.22. The molecule has 60 valence electrons. The van der Waals surface area contributed by atoms with Gasteiger partial charge in [0.05, 0.1) is 18.0 Å². The molecule has 3 rings (SSSR count). The zero-order chi connectivity index (χ0) is 7.97. The van der Waals surface area contributed by atoms with E-state index in [4.69, 9.17) is 0 Å². The van der Waals surface area contributed by atoms with E-state index in [9.17, 15) is 0 Å². The number of benzene rings is 1. The first-order valence-corrected chi connectivity index (χ1v) is 4.81. The zero-order valence-electron chi connectivity index (χ0n) is 6.42. The van der Waals surface area contributed by atoms with Crippen molar-refractivity contribution in [1.29, 1.82) is 0 Å². The molecule has 2 N–H and O–H groups in total. The minimum atomic E-state index is 0.851. The van der Waals surface area contributed by atoms with Gasteiger partial charge in [-0.25, -0.2) is 0 Å². The van der Waals surface area contributed by atoms with Crippen LogP contribution in [0.25, 0.3) is 10.1 Å². The highest BCUT2D eigenvalue weighted by molar-refractivity contribution is 7.17. The number of thiophene rings is 1. The average molecular weight is 176 g/mol. The molecule has 0 saturated heterocycles. The van der Waals surface area contributed by atoms with Crippen molar-refractivity contribution in [2.75, 3.05) is 17.3 Å². The fourth-order valence-corrected chi connectivity index (χ4v) is 2.40. The molecule has 0 saturated carbocycles. The molecule has 0 atom stereocenters. The van der Waals surface area contributed by atoms with Gasteiger partial charge in [-0.2, -0.15) is 0 Å². The molecule has 0 radical (unpaired) electrons. The summed E-state index contributed by atoms with van der Waals surface area (Å²) in [6.07, 6.45) is 0. The van der Waals surface area contributed by atoms with Crippen LogP contribution in [0.4, 0.5) is 11.4 Å². The summed E-state index contributed by atoms with van der Waals surface area (Å²) in [5, 5.41) is 10.1. The van der Waals surface area contributed by atoms with Crippen LogP contribution in [0.5, 0.6) is 0 Å². The quantitative estimate of drug-likeness (QED) is 0.645. The molecule has 0 amide bonds. The highest BCUT2D eigenvalue weighted by Crippen LogP contribution is 2.36. The maximum atomic E-state index is 3.32. The van der Waals surface area contributed by atoms with Crippen molar-refractivity contribution in [2.24, 2.45) is 0 Å². The van der Waals surface area contributed by atoms with E-state index >= 15 is 0 Å². The Labute approximate surface area is 74.2 Å². The van der Waals surface area contributed by atoms with Gasteiger partial charge in [-0.1, -0.05) is 0 Å². The third-order valence-electron chi connectivity index (χ3n) is 2.18. The molecule has 1 aromatic carbocycles. The minimum absolute atomic E-state index is 0.851. The first kappa shape index (κ1) is 6.31. The lowest BCUT2D eigenvalue weighted by Gasteiger charge is -1.98. The fraction of sp³-hybridized carbons (Fsp3) is 0.111. The van der Waals surface area contributed by atoms with Gasteiger partial charge in [0.1, 0.15) is 0 Å². The van der Waals surface area contributed by atoms with Gasteiger partial charge in [0.15, 0.2) is 0 Å². The molecule has 0 bridgehead atoms. The second-order valence-corrected chi connectivity index (χ2v) is 3.80. The monoisotopic (exact) mass is 176 g/mol. The van der Waals surface area contributed by atoms with E-state index in [1.54, 1.807) is 11.3 Å². The highest BCUT2D eigenvalue weighted by Gasteiger charge is 2.11. The van der Waals surface area contributed by atoms with Crippen molar-refractivity contribution >= 4 is 32.8 Å². The van der Waals surface area contributed by atoms with Gasteiger partial charge in [0.2, 0.25) is 0 Å². The third-order valence-corrected chi connectivity index (χ3v) is 3.06. The first-order valence-electron chi connectivity index (χ1n) is 3.93. The van der Waals surface area contributed by atoms with Crippen molar-refractivity contribution in [2.45, 2.75) is 0 Å². The second-order valence-electron chi connectivity index (χ2n) is 2.85. The Morgan fingerprint density at radius 3 is 3.17 bits per heavy atom. The lowest BCUT2D eigenvalue weighted by molar-refractivity contribution is 1.31. The lowest BCUT2D eigenvalue weighted by Crippen LogP contribution is -1.99. The molecule has 0 aliphatic carbocycles. The van der Waals surface area contributed by atoms with Crippen LogP contribution in [0.1, 0.15) is 0 Å². The SMILES string of the molecule is c1cc2c3c(ccc2s1)NCN3. The van der Waals surface area contributed by atoms with Crippen LogP contribution in [0.15, 0.2) is 23.6 Å². The normalized spacial score (nSPS) is 14.0. The first-order chi connectivity index (χ1) is 5.95.